The van der Waals surface area contributed by atoms with Gasteiger partial charge in [0.15, 0.2) is 0 Å². The van der Waals surface area contributed by atoms with Gasteiger partial charge in [0.05, 0.1) is 18.5 Å². The third kappa shape index (κ3) is 4.92. The third-order valence-electron chi connectivity index (χ3n) is 4.32. The van der Waals surface area contributed by atoms with Gasteiger partial charge in [0.2, 0.25) is 5.88 Å². The summed E-state index contributed by atoms with van der Waals surface area (Å²) in [6.07, 6.45) is 5.29. The number of carbonyl (C=O) groups is 1. The lowest BCUT2D eigenvalue weighted by atomic mass is 9.78. The molecule has 0 aromatic carbocycles. The van der Waals surface area contributed by atoms with Gasteiger partial charge in [-0.1, -0.05) is 13.3 Å². The minimum atomic E-state index is -0.722. The fourth-order valence-corrected chi connectivity index (χ4v) is 3.20. The van der Waals surface area contributed by atoms with Crippen molar-refractivity contribution in [3.05, 3.63) is 18.3 Å². The Labute approximate surface area is 143 Å². The lowest BCUT2D eigenvalue weighted by Gasteiger charge is -2.38. The Morgan fingerprint density at radius 3 is 2.88 bits per heavy atom. The van der Waals surface area contributed by atoms with E-state index in [9.17, 15) is 4.79 Å². The molecular formula is C18H28N2O4. The van der Waals surface area contributed by atoms with Crippen molar-refractivity contribution in [1.29, 1.82) is 0 Å². The molecular weight excluding hydrogens is 308 g/mol. The highest BCUT2D eigenvalue weighted by Crippen LogP contribution is 2.36. The first-order valence-electron chi connectivity index (χ1n) is 8.63. The molecule has 0 aliphatic heterocycles. The fourth-order valence-electron chi connectivity index (χ4n) is 3.20. The Morgan fingerprint density at radius 2 is 2.25 bits per heavy atom. The lowest BCUT2D eigenvalue weighted by Crippen LogP contribution is -2.48. The van der Waals surface area contributed by atoms with Crippen molar-refractivity contribution in [2.45, 2.75) is 45.1 Å². The Balaban J connectivity index is 1.98. The minimum Gasteiger partial charge on any atom is -0.475 e. The van der Waals surface area contributed by atoms with E-state index in [1.165, 1.54) is 0 Å². The Kier molecular flexibility index (Phi) is 6.99. The highest BCUT2D eigenvalue weighted by molar-refractivity contribution is 5.97. The maximum atomic E-state index is 12.8. The van der Waals surface area contributed by atoms with Gasteiger partial charge in [0.25, 0.3) is 5.91 Å². The molecule has 1 N–H and O–H groups in total. The number of anilines is 1. The maximum absolute atomic E-state index is 12.8. The Bertz CT molecular complexity index is 516. The van der Waals surface area contributed by atoms with Crippen LogP contribution in [0.4, 0.5) is 5.69 Å². The van der Waals surface area contributed by atoms with E-state index in [2.05, 4.69) is 17.2 Å². The second-order valence-corrected chi connectivity index (χ2v) is 6.31. The van der Waals surface area contributed by atoms with Crippen LogP contribution in [0.25, 0.3) is 0 Å². The molecule has 1 aromatic heterocycles. The smallest absolute Gasteiger partial charge is 0.256 e. The summed E-state index contributed by atoms with van der Waals surface area (Å²) in [5.74, 6) is 0.923. The van der Waals surface area contributed by atoms with Gasteiger partial charge in [-0.15, -0.1) is 0 Å². The summed E-state index contributed by atoms with van der Waals surface area (Å²) < 4.78 is 16.2. The van der Waals surface area contributed by atoms with Crippen molar-refractivity contribution in [2.75, 3.05) is 32.2 Å². The minimum absolute atomic E-state index is 0.0780. The van der Waals surface area contributed by atoms with Gasteiger partial charge in [-0.2, -0.15) is 0 Å². The van der Waals surface area contributed by atoms with Crippen LogP contribution in [0, 0.1) is 5.92 Å². The first-order chi connectivity index (χ1) is 11.6. The van der Waals surface area contributed by atoms with Crippen molar-refractivity contribution in [2.24, 2.45) is 5.92 Å². The summed E-state index contributed by atoms with van der Waals surface area (Å²) in [6, 6.07) is 3.53. The van der Waals surface area contributed by atoms with Crippen LogP contribution in [-0.4, -0.2) is 43.4 Å². The summed E-state index contributed by atoms with van der Waals surface area (Å²) in [6.45, 7) is 5.59. The summed E-state index contributed by atoms with van der Waals surface area (Å²) in [5.41, 5.74) is -0.0727. The van der Waals surface area contributed by atoms with Crippen molar-refractivity contribution in [3.63, 3.8) is 0 Å². The molecule has 0 saturated heterocycles. The number of nitrogens with zero attached hydrogens (tertiary/aromatic N) is 1. The topological polar surface area (TPSA) is 69.7 Å². The number of pyridine rings is 1. The highest BCUT2D eigenvalue weighted by atomic mass is 16.5. The molecule has 24 heavy (non-hydrogen) atoms. The zero-order valence-corrected chi connectivity index (χ0v) is 14.8. The second kappa shape index (κ2) is 8.99. The molecule has 2 atom stereocenters. The van der Waals surface area contributed by atoms with E-state index in [1.54, 1.807) is 25.4 Å². The molecule has 1 aliphatic carbocycles. The number of nitrogens with one attached hydrogen (secondary N) is 1. The molecule has 1 amide bonds. The number of hydrogen-bond donors (Lipinski definition) is 1. The number of amides is 1. The summed E-state index contributed by atoms with van der Waals surface area (Å²) in [7, 11) is 1.62. The number of rotatable bonds is 8. The maximum Gasteiger partial charge on any atom is 0.256 e. The normalized spacial score (nSPS) is 23.7. The quantitative estimate of drug-likeness (QED) is 0.739. The molecule has 6 heteroatoms. The Morgan fingerprint density at radius 1 is 1.42 bits per heavy atom. The molecule has 134 valence electrons. The second-order valence-electron chi connectivity index (χ2n) is 6.31. The molecule has 1 heterocycles. The molecule has 0 unspecified atom stereocenters. The molecule has 1 aromatic rings. The Hall–Kier alpha value is -1.66. The number of methoxy groups -OCH3 is 1. The predicted octanol–water partition coefficient (Wildman–Crippen LogP) is 3.03. The molecule has 1 aliphatic rings. The molecule has 6 nitrogen and oxygen atoms in total. The van der Waals surface area contributed by atoms with Crippen LogP contribution in [0.5, 0.6) is 5.88 Å². The molecule has 0 radical (unpaired) electrons. The van der Waals surface area contributed by atoms with E-state index in [1.807, 2.05) is 6.92 Å². The number of hydrogen-bond acceptors (Lipinski definition) is 5. The molecule has 1 saturated carbocycles. The zero-order chi connectivity index (χ0) is 17.4. The number of ether oxygens (including phenoxy) is 3. The highest BCUT2D eigenvalue weighted by Gasteiger charge is 2.42. The van der Waals surface area contributed by atoms with E-state index in [0.717, 1.165) is 25.7 Å². The summed E-state index contributed by atoms with van der Waals surface area (Å²) >= 11 is 0. The molecule has 2 rings (SSSR count). The van der Waals surface area contributed by atoms with Gasteiger partial charge < -0.3 is 19.5 Å². The van der Waals surface area contributed by atoms with Crippen LogP contribution in [0.3, 0.4) is 0 Å². The van der Waals surface area contributed by atoms with E-state index in [4.69, 9.17) is 14.2 Å². The number of carbonyl (C=O) groups excluding carboxylic acids is 1. The van der Waals surface area contributed by atoms with E-state index < -0.39 is 5.60 Å². The van der Waals surface area contributed by atoms with Gasteiger partial charge in [-0.3, -0.25) is 4.79 Å². The van der Waals surface area contributed by atoms with Crippen LogP contribution in [0.15, 0.2) is 18.3 Å². The van der Waals surface area contributed by atoms with E-state index in [-0.39, 0.29) is 5.91 Å². The predicted molar refractivity (Wildman–Crippen MR) is 92.2 cm³/mol. The average molecular weight is 336 g/mol. The van der Waals surface area contributed by atoms with Crippen molar-refractivity contribution in [3.8, 4) is 5.88 Å². The fraction of sp³-hybridized carbons (Fsp3) is 0.667. The van der Waals surface area contributed by atoms with E-state index in [0.29, 0.717) is 37.3 Å². The third-order valence-corrected chi connectivity index (χ3v) is 4.32. The standard InChI is InChI=1S/C18H28N2O4/c1-4-24-18(9-5-6-14(2)12-18)17(21)20-15-7-8-16(19-13-15)23-11-10-22-3/h7-8,13-14H,4-6,9-12H2,1-3H3,(H,20,21)/t14-,18+/m1/s1. The van der Waals surface area contributed by atoms with Gasteiger partial charge in [0, 0.05) is 19.8 Å². The lowest BCUT2D eigenvalue weighted by molar-refractivity contribution is -0.147. The van der Waals surface area contributed by atoms with Gasteiger partial charge >= 0.3 is 0 Å². The monoisotopic (exact) mass is 336 g/mol. The number of aromatic nitrogens is 1. The van der Waals surface area contributed by atoms with Crippen LogP contribution in [0.1, 0.15) is 39.5 Å². The van der Waals surface area contributed by atoms with Gasteiger partial charge in [0.1, 0.15) is 12.2 Å². The van der Waals surface area contributed by atoms with Crippen LogP contribution < -0.4 is 10.1 Å². The zero-order valence-electron chi connectivity index (χ0n) is 14.8. The van der Waals surface area contributed by atoms with Crippen LogP contribution in [0.2, 0.25) is 0 Å². The van der Waals surface area contributed by atoms with Gasteiger partial charge in [-0.25, -0.2) is 4.98 Å². The van der Waals surface area contributed by atoms with Gasteiger partial charge in [-0.05, 0) is 38.2 Å². The first kappa shape index (κ1) is 18.7. The van der Waals surface area contributed by atoms with Crippen LogP contribution in [-0.2, 0) is 14.3 Å². The first-order valence-corrected chi connectivity index (χ1v) is 8.63. The van der Waals surface area contributed by atoms with E-state index >= 15 is 0 Å². The molecule has 1 fully saturated rings. The summed E-state index contributed by atoms with van der Waals surface area (Å²) in [4.78, 5) is 17.0. The SMILES string of the molecule is CCO[C@@]1(C(=O)Nc2ccc(OCCOC)nc2)CCC[C@@H](C)C1. The van der Waals surface area contributed by atoms with Crippen molar-refractivity contribution in [1.82, 2.24) is 4.98 Å². The molecule has 0 bridgehead atoms. The largest absolute Gasteiger partial charge is 0.475 e. The average Bonchev–Trinajstić information content (AvgIpc) is 2.57. The summed E-state index contributed by atoms with van der Waals surface area (Å²) in [5, 5.41) is 2.95. The van der Waals surface area contributed by atoms with Crippen LogP contribution >= 0.6 is 0 Å². The van der Waals surface area contributed by atoms with Crippen molar-refractivity contribution < 1.29 is 19.0 Å². The van der Waals surface area contributed by atoms with Crippen molar-refractivity contribution >= 4 is 11.6 Å². The molecule has 0 spiro atoms.